The van der Waals surface area contributed by atoms with E-state index in [0.717, 1.165) is 0 Å². The van der Waals surface area contributed by atoms with Crippen LogP contribution in [-0.4, -0.2) is 20.4 Å². The van der Waals surface area contributed by atoms with Crippen molar-refractivity contribution in [2.75, 3.05) is 0 Å². The van der Waals surface area contributed by atoms with Gasteiger partial charge >= 0.3 is 0 Å². The Hall–Kier alpha value is -2.76. The van der Waals surface area contributed by atoms with E-state index in [9.17, 15) is 8.78 Å². The van der Waals surface area contributed by atoms with Gasteiger partial charge < -0.3 is 0 Å². The van der Waals surface area contributed by atoms with Gasteiger partial charge in [0.05, 0.1) is 0 Å². The van der Waals surface area contributed by atoms with Crippen molar-refractivity contribution in [2.45, 2.75) is 0 Å². The lowest BCUT2D eigenvalue weighted by molar-refractivity contribution is 0.627. The highest BCUT2D eigenvalue weighted by atomic mass is 19.1. The van der Waals surface area contributed by atoms with Crippen LogP contribution in [0.4, 0.5) is 8.78 Å². The third kappa shape index (κ3) is 2.49. The Labute approximate surface area is 113 Å². The summed E-state index contributed by atoms with van der Waals surface area (Å²) in [5.74, 6) is -0.352. The van der Waals surface area contributed by atoms with Crippen molar-refractivity contribution in [1.29, 1.82) is 0 Å². The lowest BCUT2D eigenvalue weighted by Crippen LogP contribution is -1.99. The minimum atomic E-state index is -0.389. The van der Waals surface area contributed by atoms with Gasteiger partial charge in [-0.05, 0) is 24.3 Å². The molecule has 0 fully saturated rings. The molecule has 0 aliphatic heterocycles. The molecule has 0 atom stereocenters. The number of hydrogen-bond acceptors (Lipinski definition) is 4. The van der Waals surface area contributed by atoms with Gasteiger partial charge in [0.2, 0.25) is 11.6 Å². The van der Waals surface area contributed by atoms with Gasteiger partial charge in [0.15, 0.2) is 0 Å². The van der Waals surface area contributed by atoms with Gasteiger partial charge in [-0.15, -0.1) is 20.4 Å². The van der Waals surface area contributed by atoms with Gasteiger partial charge in [-0.3, -0.25) is 0 Å². The molecule has 0 radical (unpaired) electrons. The van der Waals surface area contributed by atoms with Crippen molar-refractivity contribution in [1.82, 2.24) is 20.4 Å². The largest absolute Gasteiger partial charge is 0.207 e. The summed E-state index contributed by atoms with van der Waals surface area (Å²) in [6.07, 6.45) is 0. The van der Waals surface area contributed by atoms with E-state index >= 15 is 0 Å². The van der Waals surface area contributed by atoms with Crippen LogP contribution < -0.4 is 0 Å². The van der Waals surface area contributed by atoms with Crippen molar-refractivity contribution >= 4 is 0 Å². The van der Waals surface area contributed by atoms with Crippen LogP contribution >= 0.6 is 0 Å². The second kappa shape index (κ2) is 5.08. The second-order valence-electron chi connectivity index (χ2n) is 4.07. The van der Waals surface area contributed by atoms with Gasteiger partial charge in [0.1, 0.15) is 11.6 Å². The van der Waals surface area contributed by atoms with Crippen LogP contribution in [0.2, 0.25) is 0 Å². The first kappa shape index (κ1) is 12.3. The molecule has 4 nitrogen and oxygen atoms in total. The first-order valence-corrected chi connectivity index (χ1v) is 5.82. The van der Waals surface area contributed by atoms with Crippen LogP contribution in [0.15, 0.2) is 48.5 Å². The molecular weight excluding hydrogens is 262 g/mol. The number of nitrogens with zero attached hydrogens (tertiary/aromatic N) is 4. The number of aromatic nitrogens is 4. The van der Waals surface area contributed by atoms with E-state index in [0.29, 0.717) is 11.1 Å². The first-order valence-electron chi connectivity index (χ1n) is 5.82. The summed E-state index contributed by atoms with van der Waals surface area (Å²) in [5, 5.41) is 15.5. The average molecular weight is 270 g/mol. The summed E-state index contributed by atoms with van der Waals surface area (Å²) in [6.45, 7) is 0. The van der Waals surface area contributed by atoms with Crippen LogP contribution in [0.3, 0.4) is 0 Å². The summed E-state index contributed by atoms with van der Waals surface area (Å²) in [7, 11) is 0. The molecule has 1 heterocycles. The Bertz CT molecular complexity index is 680. The molecule has 0 saturated heterocycles. The fourth-order valence-electron chi connectivity index (χ4n) is 1.72. The topological polar surface area (TPSA) is 51.6 Å². The summed E-state index contributed by atoms with van der Waals surface area (Å²) in [5.41, 5.74) is 0.964. The van der Waals surface area contributed by atoms with Crippen LogP contribution in [0, 0.1) is 11.6 Å². The normalized spacial score (nSPS) is 10.5. The highest BCUT2D eigenvalue weighted by Crippen LogP contribution is 2.17. The lowest BCUT2D eigenvalue weighted by atomic mass is 10.2. The van der Waals surface area contributed by atoms with Crippen LogP contribution in [0.25, 0.3) is 22.8 Å². The summed E-state index contributed by atoms with van der Waals surface area (Å²) >= 11 is 0. The third-order valence-corrected chi connectivity index (χ3v) is 2.64. The number of rotatable bonds is 2. The highest BCUT2D eigenvalue weighted by molar-refractivity contribution is 5.56. The second-order valence-corrected chi connectivity index (χ2v) is 4.07. The minimum absolute atomic E-state index is 0.213. The minimum Gasteiger partial charge on any atom is -0.207 e. The maximum absolute atomic E-state index is 13.1. The van der Waals surface area contributed by atoms with Gasteiger partial charge in [-0.2, -0.15) is 0 Å². The van der Waals surface area contributed by atoms with Crippen LogP contribution in [-0.2, 0) is 0 Å². The van der Waals surface area contributed by atoms with Crippen molar-refractivity contribution in [3.05, 3.63) is 60.2 Å². The van der Waals surface area contributed by atoms with E-state index in [4.69, 9.17) is 0 Å². The van der Waals surface area contributed by atoms with Gasteiger partial charge in [0.25, 0.3) is 0 Å². The highest BCUT2D eigenvalue weighted by Gasteiger charge is 2.07. The number of hydrogen-bond donors (Lipinski definition) is 0. The van der Waals surface area contributed by atoms with Gasteiger partial charge in [-0.1, -0.05) is 24.3 Å². The number of halogens is 2. The molecule has 0 amide bonds. The molecule has 2 aromatic carbocycles. The molecular formula is C14H8F2N4. The van der Waals surface area contributed by atoms with E-state index in [1.54, 1.807) is 24.3 Å². The molecule has 0 unspecified atom stereocenters. The molecule has 0 aliphatic carbocycles. The van der Waals surface area contributed by atoms with E-state index in [1.807, 2.05) is 0 Å². The Kier molecular flexibility index (Phi) is 3.12. The molecule has 3 rings (SSSR count). The molecule has 0 bridgehead atoms. The predicted octanol–water partition coefficient (Wildman–Crippen LogP) is 2.88. The lowest BCUT2D eigenvalue weighted by Gasteiger charge is -2.01. The quantitative estimate of drug-likeness (QED) is 0.718. The fraction of sp³-hybridized carbons (Fsp3) is 0. The first-order chi connectivity index (χ1) is 9.72. The molecule has 0 spiro atoms. The van der Waals surface area contributed by atoms with Gasteiger partial charge in [-0.25, -0.2) is 8.78 Å². The van der Waals surface area contributed by atoms with Crippen molar-refractivity contribution in [3.63, 3.8) is 0 Å². The molecule has 0 aliphatic rings. The van der Waals surface area contributed by atoms with E-state index in [1.165, 1.54) is 24.3 Å². The zero-order valence-corrected chi connectivity index (χ0v) is 10.2. The Morgan fingerprint density at radius 3 is 1.35 bits per heavy atom. The van der Waals surface area contributed by atoms with Gasteiger partial charge in [0, 0.05) is 11.1 Å². The summed E-state index contributed by atoms with van der Waals surface area (Å²) in [6, 6.07) is 11.6. The fourth-order valence-corrected chi connectivity index (χ4v) is 1.72. The van der Waals surface area contributed by atoms with E-state index < -0.39 is 0 Å². The van der Waals surface area contributed by atoms with Crippen LogP contribution in [0.1, 0.15) is 0 Å². The average Bonchev–Trinajstić information content (AvgIpc) is 2.47. The molecule has 98 valence electrons. The molecule has 3 aromatic rings. The Balaban J connectivity index is 1.96. The number of benzene rings is 2. The summed E-state index contributed by atoms with van der Waals surface area (Å²) in [4.78, 5) is 0. The monoisotopic (exact) mass is 270 g/mol. The van der Waals surface area contributed by atoms with E-state index in [2.05, 4.69) is 20.4 Å². The Morgan fingerprint density at radius 2 is 1.00 bits per heavy atom. The molecule has 0 saturated carbocycles. The standard InChI is InChI=1S/C14H8F2N4/c15-11-5-1-3-9(7-11)13-17-19-14(20-18-13)10-4-2-6-12(16)8-10/h1-8H. The Morgan fingerprint density at radius 1 is 0.600 bits per heavy atom. The van der Waals surface area contributed by atoms with Crippen molar-refractivity contribution in [2.24, 2.45) is 0 Å². The zero-order chi connectivity index (χ0) is 13.9. The van der Waals surface area contributed by atoms with Crippen LogP contribution in [0.5, 0.6) is 0 Å². The predicted molar refractivity (Wildman–Crippen MR) is 68.4 cm³/mol. The molecule has 1 aromatic heterocycles. The summed E-state index contributed by atoms with van der Waals surface area (Å²) < 4.78 is 26.2. The van der Waals surface area contributed by atoms with Crippen molar-refractivity contribution < 1.29 is 8.78 Å². The maximum atomic E-state index is 13.1. The maximum Gasteiger partial charge on any atom is 0.203 e. The molecule has 6 heteroatoms. The smallest absolute Gasteiger partial charge is 0.203 e. The SMILES string of the molecule is Fc1cccc(-c2nnc(-c3cccc(F)c3)nn2)c1. The van der Waals surface area contributed by atoms with Crippen molar-refractivity contribution in [3.8, 4) is 22.8 Å². The zero-order valence-electron chi connectivity index (χ0n) is 10.2. The van der Waals surface area contributed by atoms with E-state index in [-0.39, 0.29) is 23.3 Å². The molecule has 20 heavy (non-hydrogen) atoms. The third-order valence-electron chi connectivity index (χ3n) is 2.64. The molecule has 0 N–H and O–H groups in total.